The Labute approximate surface area is 85.3 Å². The fourth-order valence-corrected chi connectivity index (χ4v) is 0.167. The van der Waals surface area contributed by atoms with Gasteiger partial charge in [0.2, 0.25) is 0 Å². The molecule has 55 valence electrons. The first-order valence-electron chi connectivity index (χ1n) is 2.73. The summed E-state index contributed by atoms with van der Waals surface area (Å²) >= 11 is 0. The smallest absolute Gasteiger partial charge is 0 e. The summed E-state index contributed by atoms with van der Waals surface area (Å²) in [5, 5.41) is 0. The Kier molecular flexibility index (Phi) is 13.7. The van der Waals surface area contributed by atoms with Gasteiger partial charge in [0, 0.05) is 39.6 Å². The average Bonchev–Trinajstić information content (AvgIpc) is 1.68. The van der Waals surface area contributed by atoms with Gasteiger partial charge in [-0.3, -0.25) is 5.41 Å². The van der Waals surface area contributed by atoms with Crippen LogP contribution < -0.4 is 0 Å². The fourth-order valence-electron chi connectivity index (χ4n) is 0.167. The standard InChI is InChI=1S/C7H14.V.W/c1-5-7(3,4)6-2;;/h5-6H,1-4H3;;/q-2;;. The van der Waals surface area contributed by atoms with Crippen molar-refractivity contribution in [2.24, 2.45) is 5.41 Å². The second-order valence-electron chi connectivity index (χ2n) is 2.40. The Morgan fingerprint density at radius 3 is 1.22 bits per heavy atom. The van der Waals surface area contributed by atoms with Crippen LogP contribution in [0.1, 0.15) is 27.7 Å². The normalized spacial score (nSPS) is 9.33. The third kappa shape index (κ3) is 9.27. The predicted molar refractivity (Wildman–Crippen MR) is 33.7 cm³/mol. The van der Waals surface area contributed by atoms with Gasteiger partial charge in [0.05, 0.1) is 0 Å². The minimum Gasteiger partial charge on any atom is -0.355 e. The van der Waals surface area contributed by atoms with Crippen molar-refractivity contribution < 1.29 is 39.6 Å². The molecule has 0 aliphatic rings. The molecular weight excluding hydrogens is 319 g/mol. The zero-order valence-electron chi connectivity index (χ0n) is 6.51. The van der Waals surface area contributed by atoms with Crippen LogP contribution in [-0.4, -0.2) is 0 Å². The Bertz CT molecular complexity index is 46.9. The van der Waals surface area contributed by atoms with Gasteiger partial charge in [-0.05, 0) is 0 Å². The van der Waals surface area contributed by atoms with Gasteiger partial charge in [0.25, 0.3) is 0 Å². The summed E-state index contributed by atoms with van der Waals surface area (Å²) in [6, 6.07) is 0. The molecule has 0 atom stereocenters. The largest absolute Gasteiger partial charge is 0.355 e. The van der Waals surface area contributed by atoms with E-state index in [0.717, 1.165) is 0 Å². The molecule has 0 aliphatic heterocycles. The van der Waals surface area contributed by atoms with Crippen LogP contribution >= 0.6 is 0 Å². The Hall–Kier alpha value is 1.27. The molecule has 0 aliphatic carbocycles. The van der Waals surface area contributed by atoms with Gasteiger partial charge >= 0.3 is 0 Å². The van der Waals surface area contributed by atoms with Crippen LogP contribution in [0.3, 0.4) is 0 Å². The molecule has 0 amide bonds. The first-order valence-corrected chi connectivity index (χ1v) is 2.73. The third-order valence-electron chi connectivity index (χ3n) is 1.49. The van der Waals surface area contributed by atoms with Crippen LogP contribution in [0.5, 0.6) is 0 Å². The van der Waals surface area contributed by atoms with E-state index in [0.29, 0.717) is 5.41 Å². The van der Waals surface area contributed by atoms with Gasteiger partial charge in [-0.25, -0.2) is 0 Å². The molecule has 0 heterocycles. The van der Waals surface area contributed by atoms with Crippen molar-refractivity contribution in [3.05, 3.63) is 12.8 Å². The van der Waals surface area contributed by atoms with Crippen molar-refractivity contribution in [1.29, 1.82) is 0 Å². The van der Waals surface area contributed by atoms with Crippen molar-refractivity contribution >= 4 is 0 Å². The number of hydrogen-bond donors (Lipinski definition) is 0. The summed E-state index contributed by atoms with van der Waals surface area (Å²) in [6.07, 6.45) is 4.38. The van der Waals surface area contributed by atoms with E-state index in [1.54, 1.807) is 0 Å². The maximum absolute atomic E-state index is 2.19. The zero-order valence-corrected chi connectivity index (χ0v) is 10.8. The van der Waals surface area contributed by atoms with E-state index >= 15 is 0 Å². The van der Waals surface area contributed by atoms with Crippen LogP contribution in [0, 0.1) is 18.3 Å². The Morgan fingerprint density at radius 1 is 1.00 bits per heavy atom. The van der Waals surface area contributed by atoms with Gasteiger partial charge < -0.3 is 12.8 Å². The van der Waals surface area contributed by atoms with Gasteiger partial charge in [0.15, 0.2) is 0 Å². The van der Waals surface area contributed by atoms with E-state index in [1.807, 2.05) is 0 Å². The molecule has 0 saturated carbocycles. The topological polar surface area (TPSA) is 0 Å². The van der Waals surface area contributed by atoms with E-state index in [1.165, 1.54) is 0 Å². The van der Waals surface area contributed by atoms with Crippen LogP contribution in [0.4, 0.5) is 0 Å². The van der Waals surface area contributed by atoms with Gasteiger partial charge in [-0.2, -0.15) is 13.8 Å². The van der Waals surface area contributed by atoms with Crippen LogP contribution in [0.15, 0.2) is 0 Å². The van der Waals surface area contributed by atoms with E-state index < -0.39 is 0 Å². The summed E-state index contributed by atoms with van der Waals surface area (Å²) in [5.41, 5.74) is 0.333. The summed E-state index contributed by atoms with van der Waals surface area (Å²) < 4.78 is 0. The summed E-state index contributed by atoms with van der Waals surface area (Å²) in [5.74, 6) is 0. The molecule has 0 rings (SSSR count). The number of rotatable bonds is 2. The van der Waals surface area contributed by atoms with Crippen molar-refractivity contribution in [3.8, 4) is 0 Å². The van der Waals surface area contributed by atoms with Crippen LogP contribution in [0.2, 0.25) is 0 Å². The van der Waals surface area contributed by atoms with Crippen LogP contribution in [-0.2, 0) is 39.6 Å². The SMILES string of the molecule is C[CH-]C(C)(C)[CH-]C.[V].[W]. The first-order chi connectivity index (χ1) is 3.12. The molecule has 0 unspecified atom stereocenters. The minimum absolute atomic E-state index is 0. The van der Waals surface area contributed by atoms with Crippen molar-refractivity contribution in [1.82, 2.24) is 0 Å². The molecule has 1 radical (unpaired) electrons. The second-order valence-corrected chi connectivity index (χ2v) is 2.40. The third-order valence-corrected chi connectivity index (χ3v) is 1.49. The quantitative estimate of drug-likeness (QED) is 0.681. The molecule has 0 fully saturated rings. The summed E-state index contributed by atoms with van der Waals surface area (Å²) in [7, 11) is 0. The zero-order chi connectivity index (χ0) is 5.91. The number of hydrogen-bond acceptors (Lipinski definition) is 0. The molecule has 0 saturated heterocycles. The maximum Gasteiger partial charge on any atom is 0 e. The van der Waals surface area contributed by atoms with Gasteiger partial charge in [-0.1, -0.05) is 0 Å². The minimum atomic E-state index is 0. The molecular formula is C7H14VW-2. The molecule has 0 aromatic rings. The Balaban J connectivity index is -0.000000180. The summed E-state index contributed by atoms with van der Waals surface area (Å²) in [4.78, 5) is 0. The molecule has 0 nitrogen and oxygen atoms in total. The monoisotopic (exact) mass is 333 g/mol. The fraction of sp³-hybridized carbons (Fsp3) is 0.714. The molecule has 2 heteroatoms. The maximum atomic E-state index is 2.19. The van der Waals surface area contributed by atoms with E-state index in [2.05, 4.69) is 40.5 Å². The molecule has 0 aromatic carbocycles. The first kappa shape index (κ1) is 16.7. The Morgan fingerprint density at radius 2 is 1.22 bits per heavy atom. The van der Waals surface area contributed by atoms with E-state index in [4.69, 9.17) is 0 Å². The van der Waals surface area contributed by atoms with Crippen molar-refractivity contribution in [2.45, 2.75) is 27.7 Å². The average molecular weight is 333 g/mol. The van der Waals surface area contributed by atoms with E-state index in [-0.39, 0.29) is 39.6 Å². The second kappa shape index (κ2) is 7.38. The molecule has 0 aromatic heterocycles. The summed E-state index contributed by atoms with van der Waals surface area (Å²) in [6.45, 7) is 8.54. The molecule has 0 spiro atoms. The molecule has 9 heavy (non-hydrogen) atoms. The van der Waals surface area contributed by atoms with Crippen LogP contribution in [0.25, 0.3) is 0 Å². The van der Waals surface area contributed by atoms with Gasteiger partial charge in [0.1, 0.15) is 0 Å². The van der Waals surface area contributed by atoms with Crippen molar-refractivity contribution in [2.75, 3.05) is 0 Å². The van der Waals surface area contributed by atoms with Crippen molar-refractivity contribution in [3.63, 3.8) is 0 Å². The predicted octanol–water partition coefficient (Wildman–Crippen LogP) is 2.46. The molecule has 0 N–H and O–H groups in total. The molecule has 0 bridgehead atoms. The van der Waals surface area contributed by atoms with Gasteiger partial charge in [-0.15, -0.1) is 13.8 Å². The van der Waals surface area contributed by atoms with E-state index in [9.17, 15) is 0 Å².